The zero-order chi connectivity index (χ0) is 28.8. The van der Waals surface area contributed by atoms with Crippen molar-refractivity contribution in [2.24, 2.45) is 0 Å². The number of anilines is 2. The Balaban J connectivity index is 2.00. The van der Waals surface area contributed by atoms with Crippen molar-refractivity contribution in [3.8, 4) is 0 Å². The molecule has 0 aliphatic heterocycles. The van der Waals surface area contributed by atoms with Crippen molar-refractivity contribution in [2.75, 3.05) is 36.0 Å². The lowest BCUT2D eigenvalue weighted by atomic mass is 10.0. The standard InChI is InChI=1S/C35H50N2O2S/c1-5-9-26-36(27-10-6-2)32-22-18-30(19-23-32)35(40(38,39)34-16-14-13-15-17-34)31-20-24-33(25-21-31)37(28-11-7-3)29-12-8-4/h13-25,35H,5-12,26-29H2,1-4H3. The number of sulfone groups is 1. The maximum absolute atomic E-state index is 14.1. The normalized spacial score (nSPS) is 11.6. The quantitative estimate of drug-likeness (QED) is 0.155. The summed E-state index contributed by atoms with van der Waals surface area (Å²) in [6, 6.07) is 25.4. The number of hydrogen-bond donors (Lipinski definition) is 0. The minimum Gasteiger partial charge on any atom is -0.372 e. The van der Waals surface area contributed by atoms with Crippen LogP contribution in [0.1, 0.15) is 95.4 Å². The molecule has 5 heteroatoms. The predicted molar refractivity (Wildman–Crippen MR) is 172 cm³/mol. The molecule has 0 atom stereocenters. The highest BCUT2D eigenvalue weighted by molar-refractivity contribution is 7.91. The molecule has 0 saturated carbocycles. The van der Waals surface area contributed by atoms with Crippen molar-refractivity contribution in [3.63, 3.8) is 0 Å². The molecule has 40 heavy (non-hydrogen) atoms. The maximum Gasteiger partial charge on any atom is 0.189 e. The fourth-order valence-electron chi connectivity index (χ4n) is 5.15. The lowest BCUT2D eigenvalue weighted by molar-refractivity contribution is 0.589. The number of nitrogens with zero attached hydrogens (tertiary/aromatic N) is 2. The number of hydrogen-bond acceptors (Lipinski definition) is 4. The van der Waals surface area contributed by atoms with Crippen LogP contribution in [0.3, 0.4) is 0 Å². The number of benzene rings is 3. The molecule has 4 nitrogen and oxygen atoms in total. The molecule has 0 amide bonds. The summed E-state index contributed by atoms with van der Waals surface area (Å²) in [6.07, 6.45) is 9.22. The highest BCUT2D eigenvalue weighted by atomic mass is 32.2. The summed E-state index contributed by atoms with van der Waals surface area (Å²) in [7, 11) is -3.66. The van der Waals surface area contributed by atoms with Gasteiger partial charge in [-0.15, -0.1) is 0 Å². The Morgan fingerprint density at radius 3 is 1.20 bits per heavy atom. The minimum atomic E-state index is -3.66. The Bertz CT molecular complexity index is 1130. The van der Waals surface area contributed by atoms with Gasteiger partial charge in [-0.2, -0.15) is 0 Å². The second-order valence-electron chi connectivity index (χ2n) is 10.8. The Morgan fingerprint density at radius 2 is 0.875 bits per heavy atom. The first-order valence-electron chi connectivity index (χ1n) is 15.4. The Labute approximate surface area is 244 Å². The SMILES string of the molecule is CCCCN(CCCC)c1ccc(C(c2ccc(N(CCCC)CCCC)cc2)S(=O)(=O)c2ccccc2)cc1. The van der Waals surface area contributed by atoms with Crippen molar-refractivity contribution < 1.29 is 8.42 Å². The summed E-state index contributed by atoms with van der Waals surface area (Å²) in [5, 5.41) is -0.766. The topological polar surface area (TPSA) is 40.6 Å². The molecular weight excluding hydrogens is 512 g/mol. The number of unbranched alkanes of at least 4 members (excludes halogenated alkanes) is 4. The molecule has 218 valence electrons. The van der Waals surface area contributed by atoms with Crippen LogP contribution in [0.15, 0.2) is 83.8 Å². The van der Waals surface area contributed by atoms with E-state index in [9.17, 15) is 8.42 Å². The lowest BCUT2D eigenvalue weighted by Gasteiger charge is -2.27. The molecule has 0 radical (unpaired) electrons. The van der Waals surface area contributed by atoms with Crippen LogP contribution in [-0.4, -0.2) is 34.6 Å². The molecule has 3 aromatic rings. The van der Waals surface area contributed by atoms with Crippen LogP contribution in [0.25, 0.3) is 0 Å². The second-order valence-corrected chi connectivity index (χ2v) is 12.8. The summed E-state index contributed by atoms with van der Waals surface area (Å²) in [5.74, 6) is 0. The third-order valence-corrected chi connectivity index (χ3v) is 9.72. The van der Waals surface area contributed by atoms with E-state index in [1.54, 1.807) is 24.3 Å². The first-order chi connectivity index (χ1) is 19.5. The molecule has 0 aromatic heterocycles. The summed E-state index contributed by atoms with van der Waals surface area (Å²) >= 11 is 0. The van der Waals surface area contributed by atoms with Gasteiger partial charge < -0.3 is 9.80 Å². The zero-order valence-corrected chi connectivity index (χ0v) is 26.0. The molecule has 0 fully saturated rings. The van der Waals surface area contributed by atoms with Gasteiger partial charge in [0.25, 0.3) is 0 Å². The number of rotatable bonds is 18. The fourth-order valence-corrected chi connectivity index (χ4v) is 6.99. The summed E-state index contributed by atoms with van der Waals surface area (Å²) in [6.45, 7) is 13.0. The van der Waals surface area contributed by atoms with Gasteiger partial charge in [-0.25, -0.2) is 8.42 Å². The highest BCUT2D eigenvalue weighted by Crippen LogP contribution is 2.37. The van der Waals surface area contributed by atoms with Crippen LogP contribution in [0.4, 0.5) is 11.4 Å². The molecular formula is C35H50N2O2S. The van der Waals surface area contributed by atoms with Crippen molar-refractivity contribution in [1.29, 1.82) is 0 Å². The molecule has 0 aliphatic carbocycles. The van der Waals surface area contributed by atoms with Crippen molar-refractivity contribution in [1.82, 2.24) is 0 Å². The van der Waals surface area contributed by atoms with Crippen LogP contribution >= 0.6 is 0 Å². The third-order valence-electron chi connectivity index (χ3n) is 7.63. The van der Waals surface area contributed by atoms with Gasteiger partial charge in [0, 0.05) is 37.6 Å². The van der Waals surface area contributed by atoms with Crippen molar-refractivity contribution in [3.05, 3.63) is 90.0 Å². The van der Waals surface area contributed by atoms with E-state index in [2.05, 4.69) is 61.8 Å². The molecule has 3 aromatic carbocycles. The van der Waals surface area contributed by atoms with E-state index in [4.69, 9.17) is 0 Å². The average Bonchev–Trinajstić information content (AvgIpc) is 2.99. The van der Waals surface area contributed by atoms with Gasteiger partial charge in [0.1, 0.15) is 5.25 Å². The second kappa shape index (κ2) is 16.5. The van der Waals surface area contributed by atoms with Crippen LogP contribution < -0.4 is 9.80 Å². The van der Waals surface area contributed by atoms with E-state index < -0.39 is 15.1 Å². The molecule has 0 saturated heterocycles. The van der Waals surface area contributed by atoms with E-state index >= 15 is 0 Å². The Morgan fingerprint density at radius 1 is 0.525 bits per heavy atom. The van der Waals surface area contributed by atoms with Crippen LogP contribution in [0.2, 0.25) is 0 Å². The third kappa shape index (κ3) is 8.60. The molecule has 0 spiro atoms. The van der Waals surface area contributed by atoms with E-state index in [0.717, 1.165) is 88.7 Å². The smallest absolute Gasteiger partial charge is 0.189 e. The van der Waals surface area contributed by atoms with E-state index in [1.165, 1.54) is 11.4 Å². The molecule has 0 bridgehead atoms. The van der Waals surface area contributed by atoms with Gasteiger partial charge in [-0.05, 0) is 73.2 Å². The van der Waals surface area contributed by atoms with E-state index in [0.29, 0.717) is 4.90 Å². The van der Waals surface area contributed by atoms with Gasteiger partial charge in [0.15, 0.2) is 9.84 Å². The fraction of sp³-hybridized carbons (Fsp3) is 0.486. The molecule has 3 rings (SSSR count). The van der Waals surface area contributed by atoms with Gasteiger partial charge in [-0.1, -0.05) is 95.8 Å². The lowest BCUT2D eigenvalue weighted by Crippen LogP contribution is -2.26. The van der Waals surface area contributed by atoms with Crippen LogP contribution in [0.5, 0.6) is 0 Å². The predicted octanol–water partition coefficient (Wildman–Crippen LogP) is 9.06. The van der Waals surface area contributed by atoms with Crippen molar-refractivity contribution in [2.45, 2.75) is 89.2 Å². The van der Waals surface area contributed by atoms with Crippen LogP contribution in [0, 0.1) is 0 Å². The Hall–Kier alpha value is -2.79. The monoisotopic (exact) mass is 562 g/mol. The van der Waals surface area contributed by atoms with E-state index in [1.807, 2.05) is 30.3 Å². The van der Waals surface area contributed by atoms with Crippen molar-refractivity contribution >= 4 is 21.2 Å². The highest BCUT2D eigenvalue weighted by Gasteiger charge is 2.31. The first kappa shape index (κ1) is 31.7. The summed E-state index contributed by atoms with van der Waals surface area (Å²) in [4.78, 5) is 5.23. The first-order valence-corrected chi connectivity index (χ1v) is 17.0. The van der Waals surface area contributed by atoms with Gasteiger partial charge in [-0.3, -0.25) is 0 Å². The largest absolute Gasteiger partial charge is 0.372 e. The summed E-state index contributed by atoms with van der Waals surface area (Å²) < 4.78 is 28.2. The average molecular weight is 563 g/mol. The Kier molecular flexibility index (Phi) is 13.1. The maximum atomic E-state index is 14.1. The van der Waals surface area contributed by atoms with Crippen LogP contribution in [-0.2, 0) is 9.84 Å². The van der Waals surface area contributed by atoms with Gasteiger partial charge >= 0.3 is 0 Å². The molecule has 0 aliphatic rings. The molecule has 0 unspecified atom stereocenters. The molecule has 0 heterocycles. The zero-order valence-electron chi connectivity index (χ0n) is 25.2. The molecule has 0 N–H and O–H groups in total. The summed E-state index contributed by atoms with van der Waals surface area (Å²) in [5.41, 5.74) is 3.94. The minimum absolute atomic E-state index is 0.355. The van der Waals surface area contributed by atoms with Gasteiger partial charge in [0.05, 0.1) is 4.90 Å². The van der Waals surface area contributed by atoms with E-state index in [-0.39, 0.29) is 0 Å². The van der Waals surface area contributed by atoms with Gasteiger partial charge in [0.2, 0.25) is 0 Å².